The molecule has 0 aliphatic rings. The van der Waals surface area contributed by atoms with Gasteiger partial charge in [0.15, 0.2) is 0 Å². The van der Waals surface area contributed by atoms with Gasteiger partial charge in [0.1, 0.15) is 0 Å². The van der Waals surface area contributed by atoms with Crippen molar-refractivity contribution in [2.75, 3.05) is 7.05 Å². The van der Waals surface area contributed by atoms with E-state index >= 15 is 0 Å². The zero-order valence-corrected chi connectivity index (χ0v) is 15.2. The Balaban J connectivity index is 2.69. The number of hydrogen-bond acceptors (Lipinski definition) is 3. The molecule has 0 fully saturated rings. The molecule has 0 radical (unpaired) electrons. The van der Waals surface area contributed by atoms with Crippen LogP contribution < -0.4 is 9.67 Å². The Morgan fingerprint density at radius 1 is 1.37 bits per heavy atom. The predicted molar refractivity (Wildman–Crippen MR) is 87.5 cm³/mol. The average molecular weight is 431 g/mol. The van der Waals surface area contributed by atoms with Crippen LogP contribution >= 0.6 is 22.6 Å². The van der Waals surface area contributed by atoms with Gasteiger partial charge in [-0.05, 0) is 0 Å². The molecule has 1 N–H and O–H groups in total. The fraction of sp³-hybridized carbons (Fsp3) is 0.308. The number of benzene rings is 1. The molecule has 6 heteroatoms. The van der Waals surface area contributed by atoms with Gasteiger partial charge in [-0.15, -0.1) is 0 Å². The summed E-state index contributed by atoms with van der Waals surface area (Å²) < 4.78 is 2.81. The van der Waals surface area contributed by atoms with Crippen molar-refractivity contribution < 1.29 is 4.79 Å². The second-order valence-electron chi connectivity index (χ2n) is 4.46. The maximum absolute atomic E-state index is 11.9. The molecule has 1 atom stereocenters. The average Bonchev–Trinajstić information content (AvgIpc) is 2.37. The molecule has 2 aromatic rings. The van der Waals surface area contributed by atoms with Crippen LogP contribution in [0, 0.1) is 3.57 Å². The van der Waals surface area contributed by atoms with Gasteiger partial charge in [-0.3, -0.25) is 0 Å². The van der Waals surface area contributed by atoms with E-state index in [9.17, 15) is 4.79 Å². The quantitative estimate of drug-likeness (QED) is 0.592. The van der Waals surface area contributed by atoms with Crippen molar-refractivity contribution in [3.8, 4) is 0 Å². The second-order valence-corrected chi connectivity index (χ2v) is 9.79. The number of amides is 1. The van der Waals surface area contributed by atoms with E-state index < -0.39 is 15.8 Å². The van der Waals surface area contributed by atoms with Gasteiger partial charge in [-0.1, -0.05) is 0 Å². The minimum absolute atomic E-state index is 0.146. The summed E-state index contributed by atoms with van der Waals surface area (Å²) in [4.78, 5) is 11.9. The molecule has 1 amide bonds. The summed E-state index contributed by atoms with van der Waals surface area (Å²) in [7, 11) is 1.63. The molecular formula is C13H15AsIN3O. The summed E-state index contributed by atoms with van der Waals surface area (Å²) in [5, 5.41) is 12.0. The molecule has 0 bridgehead atoms. The molecule has 0 spiro atoms. The third-order valence-corrected chi connectivity index (χ3v) is 6.15. The maximum atomic E-state index is 11.9. The van der Waals surface area contributed by atoms with Crippen LogP contribution in [0.3, 0.4) is 0 Å². The number of fused-ring (bicyclic) bond motifs is 1. The fourth-order valence-electron chi connectivity index (χ4n) is 1.79. The number of rotatable bonds is 3. The number of nitrogens with one attached hydrogen (secondary N) is 1. The predicted octanol–water partition coefficient (Wildman–Crippen LogP) is 1.48. The van der Waals surface area contributed by atoms with Gasteiger partial charge in [0.05, 0.1) is 0 Å². The second kappa shape index (κ2) is 6.18. The Morgan fingerprint density at radius 3 is 2.74 bits per heavy atom. The standard InChI is InChI=1S/C13H15AsIN3O/c1-7(2)14-11-9-5-4-8(15)6-10(9)17-18-12(11)13(19)16-3/h4-7,14H,1-3H3,(H,16,19). The zero-order valence-electron chi connectivity index (χ0n) is 11.0. The molecule has 1 aromatic heterocycles. The van der Waals surface area contributed by atoms with Crippen molar-refractivity contribution in [2.24, 2.45) is 0 Å². The van der Waals surface area contributed by atoms with E-state index in [0.717, 1.165) is 18.8 Å². The monoisotopic (exact) mass is 431 g/mol. The molecule has 0 saturated heterocycles. The topological polar surface area (TPSA) is 54.9 Å². The molecule has 2 rings (SSSR count). The number of carbonyl (C=O) groups excluding carboxylic acids is 1. The van der Waals surface area contributed by atoms with E-state index in [2.05, 4.69) is 58.0 Å². The molecule has 1 heterocycles. The van der Waals surface area contributed by atoms with E-state index in [4.69, 9.17) is 0 Å². The number of nitrogens with zero attached hydrogens (tertiary/aromatic N) is 2. The SMILES string of the molecule is CNC(=O)c1nnc2cc(I)ccc2c1[AsH]C(C)C. The van der Waals surface area contributed by atoms with Gasteiger partial charge in [0, 0.05) is 0 Å². The van der Waals surface area contributed by atoms with Gasteiger partial charge in [0.2, 0.25) is 0 Å². The third kappa shape index (κ3) is 3.26. The Labute approximate surface area is 132 Å². The summed E-state index contributed by atoms with van der Waals surface area (Å²) in [5.41, 5.74) is 1.36. The van der Waals surface area contributed by atoms with Crippen molar-refractivity contribution in [3.05, 3.63) is 27.5 Å². The third-order valence-electron chi connectivity index (χ3n) is 2.60. The summed E-state index contributed by atoms with van der Waals surface area (Å²) in [6.07, 6.45) is 0. The molecule has 0 saturated carbocycles. The van der Waals surface area contributed by atoms with Gasteiger partial charge in [0.25, 0.3) is 0 Å². The van der Waals surface area contributed by atoms with Crippen LogP contribution in [0.5, 0.6) is 0 Å². The van der Waals surface area contributed by atoms with Crippen LogP contribution in [0.1, 0.15) is 24.3 Å². The Kier molecular flexibility index (Phi) is 4.79. The molecule has 0 aliphatic heterocycles. The van der Waals surface area contributed by atoms with E-state index in [1.807, 2.05) is 12.1 Å². The number of aromatic nitrogens is 2. The van der Waals surface area contributed by atoms with Gasteiger partial charge in [-0.25, -0.2) is 0 Å². The first-order valence-electron chi connectivity index (χ1n) is 5.97. The van der Waals surface area contributed by atoms with Crippen molar-refractivity contribution >= 4 is 59.5 Å². The minimum atomic E-state index is -0.420. The van der Waals surface area contributed by atoms with Crippen LogP contribution in [-0.2, 0) is 0 Å². The van der Waals surface area contributed by atoms with Crippen LogP contribution in [0.25, 0.3) is 10.9 Å². The van der Waals surface area contributed by atoms with Crippen molar-refractivity contribution in [3.63, 3.8) is 0 Å². The molecule has 19 heavy (non-hydrogen) atoms. The van der Waals surface area contributed by atoms with E-state index in [1.54, 1.807) is 7.05 Å². The normalized spacial score (nSPS) is 11.6. The van der Waals surface area contributed by atoms with Gasteiger partial charge in [-0.2, -0.15) is 0 Å². The Bertz CT molecular complexity index is 631. The van der Waals surface area contributed by atoms with Crippen LogP contribution in [0.2, 0.25) is 4.71 Å². The summed E-state index contributed by atoms with van der Waals surface area (Å²) >= 11 is 1.84. The molecule has 1 unspecified atom stereocenters. The van der Waals surface area contributed by atoms with Crippen LogP contribution in [0.4, 0.5) is 0 Å². The Morgan fingerprint density at radius 2 is 2.11 bits per heavy atom. The van der Waals surface area contributed by atoms with Crippen LogP contribution in [-0.4, -0.2) is 38.9 Å². The molecule has 0 aliphatic carbocycles. The van der Waals surface area contributed by atoms with Gasteiger partial charge < -0.3 is 0 Å². The molecule has 4 nitrogen and oxygen atoms in total. The summed E-state index contributed by atoms with van der Waals surface area (Å²) in [6, 6.07) is 6.11. The van der Waals surface area contributed by atoms with Crippen LogP contribution in [0.15, 0.2) is 18.2 Å². The first kappa shape index (κ1) is 14.7. The van der Waals surface area contributed by atoms with Crippen molar-refractivity contribution in [2.45, 2.75) is 18.6 Å². The van der Waals surface area contributed by atoms with Crippen molar-refractivity contribution in [1.82, 2.24) is 15.5 Å². The van der Waals surface area contributed by atoms with Crippen molar-refractivity contribution in [1.29, 1.82) is 0 Å². The van der Waals surface area contributed by atoms with E-state index in [1.165, 1.54) is 0 Å². The summed E-state index contributed by atoms with van der Waals surface area (Å²) in [6.45, 7) is 4.37. The number of hydrogen-bond donors (Lipinski definition) is 1. The summed E-state index contributed by atoms with van der Waals surface area (Å²) in [5.74, 6) is -0.146. The first-order chi connectivity index (χ1) is 9.02. The number of carbonyl (C=O) groups is 1. The number of halogens is 1. The molecule has 100 valence electrons. The fourth-order valence-corrected chi connectivity index (χ4v) is 4.88. The molecular weight excluding hydrogens is 416 g/mol. The first-order valence-corrected chi connectivity index (χ1v) is 9.31. The van der Waals surface area contributed by atoms with E-state index in [-0.39, 0.29) is 5.91 Å². The van der Waals surface area contributed by atoms with Gasteiger partial charge >= 0.3 is 133 Å². The zero-order chi connectivity index (χ0) is 14.0. The Hall–Kier alpha value is -0.682. The van der Waals surface area contributed by atoms with E-state index in [0.29, 0.717) is 10.4 Å². The molecule has 1 aromatic carbocycles.